The molecule has 4 aromatic rings. The number of hydrogen-bond donors (Lipinski definition) is 2. The molecule has 168 valence electrons. The van der Waals surface area contributed by atoms with E-state index in [1.807, 2.05) is 36.4 Å². The van der Waals surface area contributed by atoms with Crippen molar-refractivity contribution in [1.82, 2.24) is 0 Å². The van der Waals surface area contributed by atoms with Crippen molar-refractivity contribution in [1.29, 1.82) is 0 Å². The van der Waals surface area contributed by atoms with E-state index in [0.29, 0.717) is 11.5 Å². The van der Waals surface area contributed by atoms with Gasteiger partial charge in [-0.05, 0) is 53.9 Å². The van der Waals surface area contributed by atoms with Crippen LogP contribution in [-0.4, -0.2) is 20.1 Å². The van der Waals surface area contributed by atoms with Crippen LogP contribution in [0.15, 0.2) is 77.7 Å². The van der Waals surface area contributed by atoms with Gasteiger partial charge in [-0.2, -0.15) is 0 Å². The predicted octanol–water partition coefficient (Wildman–Crippen LogP) is 6.91. The molecule has 0 aromatic heterocycles. The van der Waals surface area contributed by atoms with Gasteiger partial charge >= 0.3 is 0 Å². The number of nitrogens with one attached hydrogen (secondary N) is 2. The van der Waals surface area contributed by atoms with Crippen LogP contribution in [-0.2, 0) is 4.79 Å². The SMILES string of the molecule is COc1cc(NSc2ccc(C)cc2)c(-c2c(NC(C)=O)ccc3ccccc23)cc1OC. The number of ether oxygens (including phenoxy) is 2. The van der Waals surface area contributed by atoms with Crippen molar-refractivity contribution in [3.05, 3.63) is 78.4 Å². The van der Waals surface area contributed by atoms with Gasteiger partial charge in [-0.25, -0.2) is 0 Å². The highest BCUT2D eigenvalue weighted by Gasteiger charge is 2.19. The fourth-order valence-electron chi connectivity index (χ4n) is 3.75. The Kier molecular flexibility index (Phi) is 6.75. The maximum Gasteiger partial charge on any atom is 0.221 e. The van der Waals surface area contributed by atoms with Crippen molar-refractivity contribution in [3.8, 4) is 22.6 Å². The lowest BCUT2D eigenvalue weighted by Gasteiger charge is -2.20. The topological polar surface area (TPSA) is 59.6 Å². The molecule has 5 nitrogen and oxygen atoms in total. The van der Waals surface area contributed by atoms with Gasteiger partial charge in [-0.1, -0.05) is 48.0 Å². The molecular formula is C27H26N2O3S. The monoisotopic (exact) mass is 458 g/mol. The lowest BCUT2D eigenvalue weighted by molar-refractivity contribution is -0.114. The van der Waals surface area contributed by atoms with Crippen molar-refractivity contribution in [2.45, 2.75) is 18.7 Å². The summed E-state index contributed by atoms with van der Waals surface area (Å²) in [7, 11) is 3.24. The first-order valence-electron chi connectivity index (χ1n) is 10.6. The number of rotatable bonds is 7. The molecule has 0 saturated carbocycles. The Morgan fingerprint density at radius 1 is 0.848 bits per heavy atom. The highest BCUT2D eigenvalue weighted by molar-refractivity contribution is 8.00. The normalized spacial score (nSPS) is 10.7. The Balaban J connectivity index is 1.91. The summed E-state index contributed by atoms with van der Waals surface area (Å²) in [6.45, 7) is 3.58. The van der Waals surface area contributed by atoms with Gasteiger partial charge in [-0.15, -0.1) is 0 Å². The highest BCUT2D eigenvalue weighted by Crippen LogP contribution is 2.45. The average molecular weight is 459 g/mol. The Morgan fingerprint density at radius 2 is 1.55 bits per heavy atom. The molecule has 6 heteroatoms. The van der Waals surface area contributed by atoms with E-state index < -0.39 is 0 Å². The molecule has 0 bridgehead atoms. The largest absolute Gasteiger partial charge is 0.493 e. The van der Waals surface area contributed by atoms with Crippen molar-refractivity contribution in [2.24, 2.45) is 0 Å². The zero-order valence-electron chi connectivity index (χ0n) is 19.1. The number of fused-ring (bicyclic) bond motifs is 1. The van der Waals surface area contributed by atoms with Gasteiger partial charge in [0, 0.05) is 34.7 Å². The van der Waals surface area contributed by atoms with E-state index >= 15 is 0 Å². The van der Waals surface area contributed by atoms with Gasteiger partial charge in [0.1, 0.15) is 0 Å². The molecule has 0 fully saturated rings. The van der Waals surface area contributed by atoms with Crippen molar-refractivity contribution in [2.75, 3.05) is 24.3 Å². The smallest absolute Gasteiger partial charge is 0.221 e. The summed E-state index contributed by atoms with van der Waals surface area (Å²) in [5, 5.41) is 5.10. The van der Waals surface area contributed by atoms with Crippen molar-refractivity contribution in [3.63, 3.8) is 0 Å². The molecule has 33 heavy (non-hydrogen) atoms. The van der Waals surface area contributed by atoms with Crippen LogP contribution in [0.2, 0.25) is 0 Å². The summed E-state index contributed by atoms with van der Waals surface area (Å²) >= 11 is 1.52. The Hall–Kier alpha value is -3.64. The van der Waals surface area contributed by atoms with Crippen LogP contribution in [0.25, 0.3) is 21.9 Å². The van der Waals surface area contributed by atoms with E-state index in [1.165, 1.54) is 24.4 Å². The minimum absolute atomic E-state index is 0.129. The van der Waals surface area contributed by atoms with Gasteiger partial charge < -0.3 is 19.5 Å². The molecule has 4 rings (SSSR count). The van der Waals surface area contributed by atoms with Gasteiger partial charge in [0.05, 0.1) is 19.9 Å². The summed E-state index contributed by atoms with van der Waals surface area (Å²) < 4.78 is 14.7. The van der Waals surface area contributed by atoms with E-state index in [-0.39, 0.29) is 5.91 Å². The molecule has 1 amide bonds. The molecule has 0 radical (unpaired) electrons. The second-order valence-electron chi connectivity index (χ2n) is 7.66. The standard InChI is InChI=1S/C27H26N2O3S/c1-17-9-12-20(13-10-17)33-29-24-16-26(32-4)25(31-3)15-22(24)27-21-8-6-5-7-19(21)11-14-23(27)28-18(2)30/h5-16,29H,1-4H3,(H,28,30). The predicted molar refractivity (Wildman–Crippen MR) is 137 cm³/mol. The third-order valence-corrected chi connectivity index (χ3v) is 6.16. The van der Waals surface area contributed by atoms with E-state index in [2.05, 4.69) is 53.4 Å². The number of anilines is 2. The number of carbonyl (C=O) groups excluding carboxylic acids is 1. The van der Waals surface area contributed by atoms with E-state index in [4.69, 9.17) is 9.47 Å². The van der Waals surface area contributed by atoms with Gasteiger partial charge in [0.25, 0.3) is 0 Å². The maximum absolute atomic E-state index is 12.0. The number of methoxy groups -OCH3 is 2. The fourth-order valence-corrected chi connectivity index (χ4v) is 4.41. The molecule has 0 aliphatic rings. The molecule has 0 spiro atoms. The van der Waals surface area contributed by atoms with Crippen molar-refractivity contribution < 1.29 is 14.3 Å². The molecule has 0 saturated heterocycles. The zero-order chi connectivity index (χ0) is 23.4. The average Bonchev–Trinajstić information content (AvgIpc) is 2.83. The Labute approximate surface area is 198 Å². The van der Waals surface area contributed by atoms with Crippen LogP contribution in [0.5, 0.6) is 11.5 Å². The first-order chi connectivity index (χ1) is 16.0. The summed E-state index contributed by atoms with van der Waals surface area (Å²) in [4.78, 5) is 13.1. The van der Waals surface area contributed by atoms with Crippen LogP contribution >= 0.6 is 11.9 Å². The Bertz CT molecular complexity index is 1300. The van der Waals surface area contributed by atoms with Gasteiger partial charge in [-0.3, -0.25) is 4.79 Å². The van der Waals surface area contributed by atoms with E-state index in [1.54, 1.807) is 14.2 Å². The van der Waals surface area contributed by atoms with Crippen LogP contribution in [0, 0.1) is 6.92 Å². The van der Waals surface area contributed by atoms with Crippen molar-refractivity contribution >= 4 is 40.0 Å². The molecule has 0 unspecified atom stereocenters. The molecule has 0 aliphatic heterocycles. The van der Waals surface area contributed by atoms with Gasteiger partial charge in [0.2, 0.25) is 5.91 Å². The fraction of sp³-hybridized carbons (Fsp3) is 0.148. The molecular weight excluding hydrogens is 432 g/mol. The lowest BCUT2D eigenvalue weighted by atomic mass is 9.94. The zero-order valence-corrected chi connectivity index (χ0v) is 19.9. The molecule has 2 N–H and O–H groups in total. The molecule has 4 aromatic carbocycles. The number of aryl methyl sites for hydroxylation is 1. The number of hydrogen-bond acceptors (Lipinski definition) is 5. The first-order valence-corrected chi connectivity index (χ1v) is 11.4. The highest BCUT2D eigenvalue weighted by atomic mass is 32.2. The first kappa shape index (κ1) is 22.6. The van der Waals surface area contributed by atoms with Gasteiger partial charge in [0.15, 0.2) is 11.5 Å². The second-order valence-corrected chi connectivity index (χ2v) is 8.54. The summed E-state index contributed by atoms with van der Waals surface area (Å²) in [5.74, 6) is 1.10. The van der Waals surface area contributed by atoms with Crippen LogP contribution in [0.4, 0.5) is 11.4 Å². The quantitative estimate of drug-likeness (QED) is 0.295. The molecule has 0 aliphatic carbocycles. The summed E-state index contributed by atoms with van der Waals surface area (Å²) in [5.41, 5.74) is 4.60. The van der Waals surface area contributed by atoms with E-state index in [9.17, 15) is 4.79 Å². The number of benzene rings is 4. The molecule has 0 atom stereocenters. The minimum atomic E-state index is -0.129. The van der Waals surface area contributed by atoms with Crippen LogP contribution in [0.3, 0.4) is 0 Å². The summed E-state index contributed by atoms with van der Waals surface area (Å²) in [6.07, 6.45) is 0. The number of amides is 1. The maximum atomic E-state index is 12.0. The summed E-state index contributed by atoms with van der Waals surface area (Å²) in [6, 6.07) is 24.3. The van der Waals surface area contributed by atoms with Crippen LogP contribution in [0.1, 0.15) is 12.5 Å². The lowest BCUT2D eigenvalue weighted by Crippen LogP contribution is -2.07. The Morgan fingerprint density at radius 3 is 2.24 bits per heavy atom. The number of carbonyl (C=O) groups is 1. The molecule has 0 heterocycles. The minimum Gasteiger partial charge on any atom is -0.493 e. The third kappa shape index (κ3) is 4.91. The van der Waals surface area contributed by atoms with Crippen LogP contribution < -0.4 is 19.5 Å². The third-order valence-electron chi connectivity index (χ3n) is 5.33. The van der Waals surface area contributed by atoms with E-state index in [0.717, 1.165) is 38.2 Å². The second kappa shape index (κ2) is 9.88.